The van der Waals surface area contributed by atoms with E-state index in [1.807, 2.05) is 12.3 Å². The van der Waals surface area contributed by atoms with Crippen LogP contribution in [-0.2, 0) is 9.47 Å². The van der Waals surface area contributed by atoms with Gasteiger partial charge in [-0.3, -0.25) is 9.59 Å². The van der Waals surface area contributed by atoms with E-state index in [9.17, 15) is 9.59 Å². The molecule has 3 N–H and O–H groups in total. The van der Waals surface area contributed by atoms with Gasteiger partial charge >= 0.3 is 0 Å². The molecule has 0 radical (unpaired) electrons. The molecule has 5 rings (SSSR count). The molecule has 2 aliphatic carbocycles. The summed E-state index contributed by atoms with van der Waals surface area (Å²) in [7, 11) is 5.21. The van der Waals surface area contributed by atoms with Gasteiger partial charge in [0.2, 0.25) is 0 Å². The molecular formula is C26H35N7O4. The fourth-order valence-electron chi connectivity index (χ4n) is 5.50. The van der Waals surface area contributed by atoms with E-state index in [1.165, 1.54) is 6.20 Å². The molecule has 3 heterocycles. The highest BCUT2D eigenvalue weighted by Crippen LogP contribution is 2.29. The normalized spacial score (nSPS) is 23.8. The van der Waals surface area contributed by atoms with E-state index in [2.05, 4.69) is 26.0 Å². The number of rotatable bonds is 8. The smallest absolute Gasteiger partial charge is 0.274 e. The zero-order valence-electron chi connectivity index (χ0n) is 21.6. The van der Waals surface area contributed by atoms with E-state index in [-0.39, 0.29) is 35.8 Å². The van der Waals surface area contributed by atoms with Gasteiger partial charge in [-0.1, -0.05) is 0 Å². The number of hydrogen-bond donors (Lipinski definition) is 3. The molecule has 1 amide bonds. The van der Waals surface area contributed by atoms with E-state index < -0.39 is 0 Å². The first-order chi connectivity index (χ1) is 18.0. The van der Waals surface area contributed by atoms with E-state index in [0.717, 1.165) is 44.9 Å². The Morgan fingerprint density at radius 1 is 1.08 bits per heavy atom. The summed E-state index contributed by atoms with van der Waals surface area (Å²) in [5.41, 5.74) is 1.11. The predicted molar refractivity (Wildman–Crippen MR) is 141 cm³/mol. The highest BCUT2D eigenvalue weighted by molar-refractivity contribution is 6.00. The van der Waals surface area contributed by atoms with Crippen LogP contribution in [0.1, 0.15) is 61.3 Å². The van der Waals surface area contributed by atoms with Crippen molar-refractivity contribution in [3.8, 4) is 0 Å². The summed E-state index contributed by atoms with van der Waals surface area (Å²) >= 11 is 0. The zero-order valence-corrected chi connectivity index (χ0v) is 21.6. The average molecular weight is 510 g/mol. The molecule has 11 nitrogen and oxygen atoms in total. The first-order valence-electron chi connectivity index (χ1n) is 12.9. The second-order valence-electron chi connectivity index (χ2n) is 9.84. The molecule has 11 heteroatoms. The molecule has 0 saturated heterocycles. The van der Waals surface area contributed by atoms with Crippen LogP contribution in [0.5, 0.6) is 0 Å². The number of methoxy groups -OCH3 is 2. The van der Waals surface area contributed by atoms with E-state index in [0.29, 0.717) is 28.5 Å². The van der Waals surface area contributed by atoms with Crippen LogP contribution < -0.4 is 21.5 Å². The highest BCUT2D eigenvalue weighted by atomic mass is 16.5. The fraction of sp³-hybridized carbons (Fsp3) is 0.538. The quantitative estimate of drug-likeness (QED) is 0.423. The number of nitrogens with zero attached hydrogens (tertiary/aromatic N) is 4. The molecule has 198 valence electrons. The number of pyridine rings is 1. The number of carbonyl (C=O) groups excluding carboxylic acids is 1. The van der Waals surface area contributed by atoms with Crippen LogP contribution in [0.3, 0.4) is 0 Å². The SMILES string of the molecule is CNc1cc(Nc2cccn(C3CCC(OC)CC3)c2=O)nc2c(C(=O)N[C@H]3CC[C@H](OC)C3)cnn12. The van der Waals surface area contributed by atoms with Crippen molar-refractivity contribution in [1.82, 2.24) is 24.5 Å². The standard InChI is InChI=1S/C26H35N7O4/c1-27-23-14-22(30-21-5-4-12-32(26(21)35)17-7-10-18(36-2)11-8-17)31-24-20(15-28-33(23)24)25(34)29-16-6-9-19(13-16)37-3/h4-5,12,14-19,27H,6-11,13H2,1-3H3,(H,29,34)(H,30,31)/t16-,17?,18?,19-/m0/s1. The third-order valence-electron chi connectivity index (χ3n) is 7.63. The summed E-state index contributed by atoms with van der Waals surface area (Å²) in [6, 6.07) is 5.58. The summed E-state index contributed by atoms with van der Waals surface area (Å²) in [5.74, 6) is 0.864. The van der Waals surface area contributed by atoms with E-state index in [4.69, 9.17) is 9.47 Å². The molecule has 0 spiro atoms. The molecule has 2 aliphatic rings. The largest absolute Gasteiger partial charge is 0.381 e. The van der Waals surface area contributed by atoms with Crippen LogP contribution in [0, 0.1) is 0 Å². The molecule has 3 aromatic heterocycles. The van der Waals surface area contributed by atoms with E-state index in [1.54, 1.807) is 42.5 Å². The number of ether oxygens (including phenoxy) is 2. The molecular weight excluding hydrogens is 474 g/mol. The minimum atomic E-state index is -0.225. The van der Waals surface area contributed by atoms with Gasteiger partial charge in [0.25, 0.3) is 11.5 Å². The predicted octanol–water partition coefficient (Wildman–Crippen LogP) is 3.10. The van der Waals surface area contributed by atoms with Crippen LogP contribution >= 0.6 is 0 Å². The van der Waals surface area contributed by atoms with Gasteiger partial charge in [-0.15, -0.1) is 0 Å². The van der Waals surface area contributed by atoms with E-state index >= 15 is 0 Å². The first kappa shape index (κ1) is 25.2. The van der Waals surface area contributed by atoms with Gasteiger partial charge in [-0.05, 0) is 57.1 Å². The Bertz CT molecular complexity index is 1310. The van der Waals surface area contributed by atoms with Gasteiger partial charge in [-0.2, -0.15) is 9.61 Å². The Hall–Kier alpha value is -3.44. The third-order valence-corrected chi connectivity index (χ3v) is 7.63. The number of amides is 1. The van der Waals surface area contributed by atoms with Crippen molar-refractivity contribution < 1.29 is 14.3 Å². The molecule has 37 heavy (non-hydrogen) atoms. The number of aromatic nitrogens is 4. The van der Waals surface area contributed by atoms with Crippen LogP contribution in [0.4, 0.5) is 17.3 Å². The Balaban J connectivity index is 1.39. The Morgan fingerprint density at radius 3 is 2.54 bits per heavy atom. The van der Waals surface area contributed by atoms with Gasteiger partial charge < -0.3 is 30.0 Å². The molecule has 2 saturated carbocycles. The van der Waals surface area contributed by atoms with Crippen LogP contribution in [0.15, 0.2) is 35.4 Å². The van der Waals surface area contributed by atoms with Crippen LogP contribution in [0.25, 0.3) is 5.65 Å². The molecule has 0 aliphatic heterocycles. The molecule has 2 atom stereocenters. The molecule has 0 aromatic carbocycles. The fourth-order valence-corrected chi connectivity index (χ4v) is 5.50. The Labute approximate surface area is 215 Å². The highest BCUT2D eigenvalue weighted by Gasteiger charge is 2.28. The van der Waals surface area contributed by atoms with Crippen molar-refractivity contribution in [3.63, 3.8) is 0 Å². The lowest BCUT2D eigenvalue weighted by atomic mass is 9.92. The number of carbonyl (C=O) groups is 1. The number of hydrogen-bond acceptors (Lipinski definition) is 8. The van der Waals surface area contributed by atoms with Crippen molar-refractivity contribution in [2.75, 3.05) is 31.9 Å². The molecule has 2 fully saturated rings. The lowest BCUT2D eigenvalue weighted by Crippen LogP contribution is -2.33. The lowest BCUT2D eigenvalue weighted by molar-refractivity contribution is 0.0580. The van der Waals surface area contributed by atoms with Crippen molar-refractivity contribution in [2.24, 2.45) is 0 Å². The summed E-state index contributed by atoms with van der Waals surface area (Å²) < 4.78 is 14.3. The maximum Gasteiger partial charge on any atom is 0.274 e. The van der Waals surface area contributed by atoms with Crippen molar-refractivity contribution in [2.45, 2.75) is 69.2 Å². The topological polar surface area (TPSA) is 124 Å². The van der Waals surface area contributed by atoms with Crippen molar-refractivity contribution >= 4 is 28.9 Å². The van der Waals surface area contributed by atoms with Gasteiger partial charge in [0.15, 0.2) is 5.65 Å². The molecule has 0 unspecified atom stereocenters. The Morgan fingerprint density at radius 2 is 1.84 bits per heavy atom. The van der Waals surface area contributed by atoms with Gasteiger partial charge in [0.1, 0.15) is 22.9 Å². The van der Waals surface area contributed by atoms with Crippen molar-refractivity contribution in [1.29, 1.82) is 0 Å². The van der Waals surface area contributed by atoms with Crippen LogP contribution in [0.2, 0.25) is 0 Å². The number of nitrogens with one attached hydrogen (secondary N) is 3. The Kier molecular flexibility index (Phi) is 7.43. The average Bonchev–Trinajstić information content (AvgIpc) is 3.56. The second kappa shape index (κ2) is 10.9. The first-order valence-corrected chi connectivity index (χ1v) is 12.9. The maximum absolute atomic E-state index is 13.3. The summed E-state index contributed by atoms with van der Waals surface area (Å²) in [4.78, 5) is 31.1. The van der Waals surface area contributed by atoms with Crippen molar-refractivity contribution in [3.05, 3.63) is 46.5 Å². The molecule has 3 aromatic rings. The zero-order chi connectivity index (χ0) is 25.9. The third kappa shape index (κ3) is 5.19. The van der Waals surface area contributed by atoms with Crippen LogP contribution in [-0.4, -0.2) is 64.6 Å². The number of fused-ring (bicyclic) bond motifs is 1. The maximum atomic E-state index is 13.3. The van der Waals surface area contributed by atoms with Gasteiger partial charge in [-0.25, -0.2) is 4.98 Å². The summed E-state index contributed by atoms with van der Waals surface area (Å²) in [6.45, 7) is 0. The summed E-state index contributed by atoms with van der Waals surface area (Å²) in [6.07, 6.45) is 10.1. The summed E-state index contributed by atoms with van der Waals surface area (Å²) in [5, 5.41) is 13.7. The lowest BCUT2D eigenvalue weighted by Gasteiger charge is -2.29. The molecule has 0 bridgehead atoms. The monoisotopic (exact) mass is 509 g/mol. The number of anilines is 3. The van der Waals surface area contributed by atoms with Gasteiger partial charge in [0, 0.05) is 45.6 Å². The second-order valence-corrected chi connectivity index (χ2v) is 9.84. The minimum absolute atomic E-state index is 0.0548. The van der Waals surface area contributed by atoms with Gasteiger partial charge in [0.05, 0.1) is 18.4 Å². The minimum Gasteiger partial charge on any atom is -0.381 e.